The highest BCUT2D eigenvalue weighted by molar-refractivity contribution is 4.74. The van der Waals surface area contributed by atoms with E-state index in [9.17, 15) is 8.78 Å². The minimum absolute atomic E-state index is 0.192. The first-order valence-corrected chi connectivity index (χ1v) is 3.84. The van der Waals surface area contributed by atoms with Crippen LogP contribution in [0.4, 0.5) is 8.78 Å². The summed E-state index contributed by atoms with van der Waals surface area (Å²) in [5, 5.41) is 3.11. The van der Waals surface area contributed by atoms with Crippen LogP contribution in [0.25, 0.3) is 0 Å². The summed E-state index contributed by atoms with van der Waals surface area (Å²) in [4.78, 5) is 0. The number of hydrogen-bond acceptors (Lipinski definition) is 2. The van der Waals surface area contributed by atoms with Crippen LogP contribution >= 0.6 is 0 Å². The average Bonchev–Trinajstić information content (AvgIpc) is 1.93. The Hall–Kier alpha value is -0.220. The van der Waals surface area contributed by atoms with Crippen LogP contribution in [0.2, 0.25) is 0 Å². The van der Waals surface area contributed by atoms with E-state index >= 15 is 0 Å². The van der Waals surface area contributed by atoms with Crippen molar-refractivity contribution in [2.75, 3.05) is 13.1 Å². The molecule has 11 heavy (non-hydrogen) atoms. The van der Waals surface area contributed by atoms with Gasteiger partial charge in [-0.2, -0.15) is 8.78 Å². The molecule has 2 nitrogen and oxygen atoms in total. The molecule has 0 aromatic heterocycles. The van der Waals surface area contributed by atoms with Gasteiger partial charge >= 0.3 is 6.61 Å². The minimum atomic E-state index is -2.62. The Kier molecular flexibility index (Phi) is 3.20. The van der Waals surface area contributed by atoms with Gasteiger partial charge in [0.1, 0.15) is 0 Å². The van der Waals surface area contributed by atoms with Crippen molar-refractivity contribution in [1.82, 2.24) is 5.32 Å². The quantitative estimate of drug-likeness (QED) is 0.664. The van der Waals surface area contributed by atoms with Gasteiger partial charge in [0.2, 0.25) is 0 Å². The highest BCUT2D eigenvalue weighted by Gasteiger charge is 2.24. The molecular formula is C7H13F2NO. The van der Waals surface area contributed by atoms with E-state index < -0.39 is 6.61 Å². The van der Waals surface area contributed by atoms with E-state index in [0.717, 1.165) is 13.1 Å². The van der Waals surface area contributed by atoms with Gasteiger partial charge in [-0.15, -0.1) is 0 Å². The zero-order valence-corrected chi connectivity index (χ0v) is 6.52. The van der Waals surface area contributed by atoms with Crippen LogP contribution in [-0.4, -0.2) is 25.8 Å². The minimum Gasteiger partial charge on any atom is -0.319 e. The maximum Gasteiger partial charge on any atom is 0.345 e. The second-order valence-electron chi connectivity index (χ2n) is 2.91. The van der Waals surface area contributed by atoms with Crippen molar-refractivity contribution in [1.29, 1.82) is 0 Å². The van der Waals surface area contributed by atoms with E-state index in [1.54, 1.807) is 0 Å². The van der Waals surface area contributed by atoms with Gasteiger partial charge in [0.25, 0.3) is 0 Å². The van der Waals surface area contributed by atoms with E-state index in [-0.39, 0.29) is 12.0 Å². The fourth-order valence-corrected chi connectivity index (χ4v) is 1.32. The van der Waals surface area contributed by atoms with Crippen molar-refractivity contribution < 1.29 is 13.5 Å². The molecule has 0 unspecified atom stereocenters. The lowest BCUT2D eigenvalue weighted by Crippen LogP contribution is -2.40. The molecule has 1 aliphatic heterocycles. The topological polar surface area (TPSA) is 21.3 Å². The van der Waals surface area contributed by atoms with Crippen LogP contribution in [-0.2, 0) is 4.74 Å². The molecule has 0 radical (unpaired) electrons. The molecule has 0 aliphatic carbocycles. The number of nitrogens with one attached hydrogen (secondary N) is 1. The Balaban J connectivity index is 2.29. The van der Waals surface area contributed by atoms with E-state index in [1.165, 1.54) is 0 Å². The summed E-state index contributed by atoms with van der Waals surface area (Å²) in [5.41, 5.74) is 0. The van der Waals surface area contributed by atoms with Crippen molar-refractivity contribution >= 4 is 0 Å². The van der Waals surface area contributed by atoms with Crippen molar-refractivity contribution in [3.05, 3.63) is 0 Å². The van der Waals surface area contributed by atoms with Crippen LogP contribution in [0, 0.1) is 5.92 Å². The normalized spacial score (nSPS) is 32.7. The number of hydrogen-bond donors (Lipinski definition) is 1. The van der Waals surface area contributed by atoms with Crippen molar-refractivity contribution in [3.8, 4) is 0 Å². The van der Waals surface area contributed by atoms with Crippen LogP contribution < -0.4 is 5.32 Å². The number of halogens is 2. The first-order chi connectivity index (χ1) is 5.20. The zero-order valence-electron chi connectivity index (χ0n) is 6.52. The number of alkyl halides is 2. The second kappa shape index (κ2) is 3.97. The summed E-state index contributed by atoms with van der Waals surface area (Å²) < 4.78 is 27.9. The lowest BCUT2D eigenvalue weighted by atomic mass is 9.98. The highest BCUT2D eigenvalue weighted by Crippen LogP contribution is 2.16. The predicted molar refractivity (Wildman–Crippen MR) is 37.5 cm³/mol. The molecule has 66 valence electrons. The van der Waals surface area contributed by atoms with Crippen LogP contribution in [0.3, 0.4) is 0 Å². The van der Waals surface area contributed by atoms with E-state index in [0.29, 0.717) is 6.42 Å². The number of rotatable bonds is 2. The smallest absolute Gasteiger partial charge is 0.319 e. The lowest BCUT2D eigenvalue weighted by Gasteiger charge is -2.28. The molecule has 1 fully saturated rings. The van der Waals surface area contributed by atoms with E-state index in [4.69, 9.17) is 0 Å². The molecule has 0 aromatic rings. The van der Waals surface area contributed by atoms with Crippen molar-refractivity contribution in [2.45, 2.75) is 26.1 Å². The van der Waals surface area contributed by atoms with E-state index in [1.807, 2.05) is 6.92 Å². The van der Waals surface area contributed by atoms with Gasteiger partial charge < -0.3 is 10.1 Å². The molecule has 4 heteroatoms. The van der Waals surface area contributed by atoms with Gasteiger partial charge in [-0.3, -0.25) is 0 Å². The Bertz CT molecular complexity index is 121. The molecule has 0 amide bonds. The van der Waals surface area contributed by atoms with Crippen LogP contribution in [0.15, 0.2) is 0 Å². The predicted octanol–water partition coefficient (Wildman–Crippen LogP) is 1.22. The summed E-state index contributed by atoms with van der Waals surface area (Å²) in [7, 11) is 0. The molecule has 0 saturated carbocycles. The number of ether oxygens (including phenoxy) is 1. The third-order valence-electron chi connectivity index (χ3n) is 1.98. The van der Waals surface area contributed by atoms with Crippen molar-refractivity contribution in [3.63, 3.8) is 0 Å². The third kappa shape index (κ3) is 2.71. The summed E-state index contributed by atoms with van der Waals surface area (Å²) >= 11 is 0. The zero-order chi connectivity index (χ0) is 8.27. The third-order valence-corrected chi connectivity index (χ3v) is 1.98. The van der Waals surface area contributed by atoms with Gasteiger partial charge in [-0.05, 0) is 18.9 Å². The van der Waals surface area contributed by atoms with Gasteiger partial charge in [0.05, 0.1) is 6.10 Å². The SMILES string of the molecule is C[C@H]1CNCC[C@H]1OC(F)F. The fourth-order valence-electron chi connectivity index (χ4n) is 1.32. The maximum atomic E-state index is 11.8. The molecule has 0 bridgehead atoms. The standard InChI is InChI=1S/C7H13F2NO/c1-5-4-10-3-2-6(5)11-7(8)9/h5-7,10H,2-4H2,1H3/t5-,6+/m0/s1. The van der Waals surface area contributed by atoms with Crippen molar-refractivity contribution in [2.24, 2.45) is 5.92 Å². The Morgan fingerprint density at radius 2 is 2.27 bits per heavy atom. The van der Waals surface area contributed by atoms with Gasteiger partial charge in [-0.1, -0.05) is 6.92 Å². The molecular weight excluding hydrogens is 152 g/mol. The second-order valence-corrected chi connectivity index (χ2v) is 2.91. The largest absolute Gasteiger partial charge is 0.345 e. The number of piperidine rings is 1. The van der Waals surface area contributed by atoms with Crippen LogP contribution in [0.5, 0.6) is 0 Å². The van der Waals surface area contributed by atoms with Gasteiger partial charge in [0, 0.05) is 6.54 Å². The first kappa shape index (κ1) is 8.87. The lowest BCUT2D eigenvalue weighted by molar-refractivity contribution is -0.179. The summed E-state index contributed by atoms with van der Waals surface area (Å²) in [5.74, 6) is 0.192. The Morgan fingerprint density at radius 3 is 2.82 bits per heavy atom. The summed E-state index contributed by atoms with van der Waals surface area (Å²) in [6, 6.07) is 0. The van der Waals surface area contributed by atoms with Gasteiger partial charge in [-0.25, -0.2) is 0 Å². The van der Waals surface area contributed by atoms with E-state index in [2.05, 4.69) is 10.1 Å². The maximum absolute atomic E-state index is 11.8. The average molecular weight is 165 g/mol. The molecule has 0 aromatic carbocycles. The molecule has 1 N–H and O–H groups in total. The first-order valence-electron chi connectivity index (χ1n) is 3.84. The molecule has 0 spiro atoms. The molecule has 1 rings (SSSR count). The molecule has 1 heterocycles. The Morgan fingerprint density at radius 1 is 1.55 bits per heavy atom. The highest BCUT2D eigenvalue weighted by atomic mass is 19.3. The summed E-state index contributed by atoms with van der Waals surface area (Å²) in [6.07, 6.45) is 0.419. The monoisotopic (exact) mass is 165 g/mol. The Labute approximate surface area is 64.9 Å². The van der Waals surface area contributed by atoms with Crippen LogP contribution in [0.1, 0.15) is 13.3 Å². The molecule has 1 aliphatic rings. The fraction of sp³-hybridized carbons (Fsp3) is 1.00. The molecule has 1 saturated heterocycles. The van der Waals surface area contributed by atoms with Gasteiger partial charge in [0.15, 0.2) is 0 Å². The summed E-state index contributed by atoms with van der Waals surface area (Å²) in [6.45, 7) is 0.846. The molecule has 2 atom stereocenters.